The van der Waals surface area contributed by atoms with Gasteiger partial charge in [-0.1, -0.05) is 0 Å². The molecule has 1 atom stereocenters. The van der Waals surface area contributed by atoms with Crippen LogP contribution in [0.4, 0.5) is 0 Å². The lowest BCUT2D eigenvalue weighted by molar-refractivity contribution is 0.294. The molecule has 13 heavy (non-hydrogen) atoms. The van der Waals surface area contributed by atoms with Crippen molar-refractivity contribution < 1.29 is 13.5 Å². The van der Waals surface area contributed by atoms with Crippen LogP contribution in [0.15, 0.2) is 0 Å². The summed E-state index contributed by atoms with van der Waals surface area (Å²) >= 11 is 0. The molecule has 0 saturated carbocycles. The zero-order valence-electron chi connectivity index (χ0n) is 8.32. The fourth-order valence-electron chi connectivity index (χ4n) is 0.652. The smallest absolute Gasteiger partial charge is 0.216 e. The van der Waals surface area contributed by atoms with E-state index in [0.717, 1.165) is 0 Å². The van der Waals surface area contributed by atoms with Gasteiger partial charge in [0.25, 0.3) is 0 Å². The average molecular weight is 210 g/mol. The second-order valence-corrected chi connectivity index (χ2v) is 5.42. The summed E-state index contributed by atoms with van der Waals surface area (Å²) in [5.74, 6) is 0. The largest absolute Gasteiger partial charge is 0.395 e. The molecule has 0 aromatic heterocycles. The first-order valence-corrected chi connectivity index (χ1v) is 5.69. The van der Waals surface area contributed by atoms with Crippen LogP contribution in [-0.4, -0.2) is 57.5 Å². The van der Waals surface area contributed by atoms with E-state index < -0.39 is 15.3 Å². The number of aliphatic hydroxyl groups excluding tert-OH is 1. The summed E-state index contributed by atoms with van der Waals surface area (Å²) in [6.07, 6.45) is 0. The Labute approximate surface area is 79.8 Å². The summed E-state index contributed by atoms with van der Waals surface area (Å²) in [6.45, 7) is 2.15. The minimum atomic E-state index is -3.33. The van der Waals surface area contributed by atoms with Crippen molar-refractivity contribution in [3.8, 4) is 0 Å². The van der Waals surface area contributed by atoms with Crippen LogP contribution in [0, 0.1) is 0 Å². The molecule has 0 aliphatic heterocycles. The Kier molecular flexibility index (Phi) is 5.46. The molecule has 0 aromatic rings. The number of hydrogen-bond donors (Lipinski definition) is 2. The molecule has 0 saturated heterocycles. The van der Waals surface area contributed by atoms with Crippen LogP contribution in [0.3, 0.4) is 0 Å². The van der Waals surface area contributed by atoms with Crippen molar-refractivity contribution in [1.29, 1.82) is 0 Å². The standard InChI is InChI=1S/C7H18N2O3S/c1-7(6-10)13(11,12)8-4-5-9(2)3/h7-8,10H,4-6H2,1-3H3. The van der Waals surface area contributed by atoms with Crippen LogP contribution in [0.25, 0.3) is 0 Å². The van der Waals surface area contributed by atoms with Gasteiger partial charge in [-0.2, -0.15) is 0 Å². The van der Waals surface area contributed by atoms with Gasteiger partial charge >= 0.3 is 0 Å². The predicted octanol–water partition coefficient (Wildman–Crippen LogP) is -1.15. The minimum absolute atomic E-state index is 0.350. The molecule has 0 bridgehead atoms. The molecule has 0 radical (unpaired) electrons. The van der Waals surface area contributed by atoms with Gasteiger partial charge in [-0.15, -0.1) is 0 Å². The molecule has 0 rings (SSSR count). The zero-order valence-corrected chi connectivity index (χ0v) is 9.13. The first-order chi connectivity index (χ1) is 5.90. The fourth-order valence-corrected chi connectivity index (χ4v) is 1.51. The van der Waals surface area contributed by atoms with Crippen molar-refractivity contribution in [1.82, 2.24) is 9.62 Å². The Morgan fingerprint density at radius 2 is 2.00 bits per heavy atom. The van der Waals surface area contributed by atoms with Crippen LogP contribution in [0.5, 0.6) is 0 Å². The predicted molar refractivity (Wildman–Crippen MR) is 52.0 cm³/mol. The molecule has 0 heterocycles. The van der Waals surface area contributed by atoms with Gasteiger partial charge in [-0.3, -0.25) is 0 Å². The van der Waals surface area contributed by atoms with E-state index in [0.29, 0.717) is 13.1 Å². The molecule has 0 fully saturated rings. The molecule has 5 nitrogen and oxygen atoms in total. The average Bonchev–Trinajstić information content (AvgIpc) is 2.01. The van der Waals surface area contributed by atoms with Crippen LogP contribution < -0.4 is 4.72 Å². The van der Waals surface area contributed by atoms with Gasteiger partial charge in [0.15, 0.2) is 0 Å². The Morgan fingerprint density at radius 1 is 1.46 bits per heavy atom. The van der Waals surface area contributed by atoms with Gasteiger partial charge in [0.05, 0.1) is 11.9 Å². The molecule has 2 N–H and O–H groups in total. The molecule has 80 valence electrons. The number of rotatable bonds is 6. The summed E-state index contributed by atoms with van der Waals surface area (Å²) in [5, 5.41) is 7.91. The molecule has 0 aliphatic carbocycles. The number of likely N-dealkylation sites (N-methyl/N-ethyl adjacent to an activating group) is 1. The summed E-state index contributed by atoms with van der Waals surface area (Å²) in [4.78, 5) is 1.88. The van der Waals surface area contributed by atoms with Gasteiger partial charge in [0.2, 0.25) is 10.0 Å². The van der Waals surface area contributed by atoms with Gasteiger partial charge in [-0.05, 0) is 21.0 Å². The highest BCUT2D eigenvalue weighted by Gasteiger charge is 2.18. The Hall–Kier alpha value is -0.170. The molecule has 0 aliphatic rings. The second kappa shape index (κ2) is 5.54. The summed E-state index contributed by atoms with van der Waals surface area (Å²) < 4.78 is 24.9. The van der Waals surface area contributed by atoms with Crippen LogP contribution in [0.1, 0.15) is 6.92 Å². The molecule has 6 heteroatoms. The number of aliphatic hydroxyl groups is 1. The van der Waals surface area contributed by atoms with E-state index in [2.05, 4.69) is 4.72 Å². The lowest BCUT2D eigenvalue weighted by Crippen LogP contribution is -2.38. The Morgan fingerprint density at radius 3 is 2.38 bits per heavy atom. The number of nitrogens with zero attached hydrogens (tertiary/aromatic N) is 1. The van der Waals surface area contributed by atoms with Crippen LogP contribution in [-0.2, 0) is 10.0 Å². The zero-order chi connectivity index (χ0) is 10.5. The van der Waals surface area contributed by atoms with Crippen molar-refractivity contribution in [3.63, 3.8) is 0 Å². The molecule has 0 aromatic carbocycles. The van der Waals surface area contributed by atoms with Crippen molar-refractivity contribution in [2.75, 3.05) is 33.8 Å². The topological polar surface area (TPSA) is 69.6 Å². The van der Waals surface area contributed by atoms with E-state index in [1.165, 1.54) is 6.92 Å². The van der Waals surface area contributed by atoms with Gasteiger partial charge in [-0.25, -0.2) is 13.1 Å². The lowest BCUT2D eigenvalue weighted by atomic mass is 10.5. The Balaban J connectivity index is 3.91. The minimum Gasteiger partial charge on any atom is -0.395 e. The number of hydrogen-bond acceptors (Lipinski definition) is 4. The third kappa shape index (κ3) is 5.20. The maximum Gasteiger partial charge on any atom is 0.216 e. The van der Waals surface area contributed by atoms with E-state index in [1.54, 1.807) is 0 Å². The number of sulfonamides is 1. The van der Waals surface area contributed by atoms with Crippen molar-refractivity contribution in [3.05, 3.63) is 0 Å². The lowest BCUT2D eigenvalue weighted by Gasteiger charge is -2.13. The maximum atomic E-state index is 11.3. The fraction of sp³-hybridized carbons (Fsp3) is 1.00. The van der Waals surface area contributed by atoms with E-state index in [1.807, 2.05) is 19.0 Å². The van der Waals surface area contributed by atoms with E-state index in [4.69, 9.17) is 5.11 Å². The van der Waals surface area contributed by atoms with Gasteiger partial charge in [0.1, 0.15) is 0 Å². The van der Waals surface area contributed by atoms with Crippen LogP contribution in [0.2, 0.25) is 0 Å². The van der Waals surface area contributed by atoms with Crippen molar-refractivity contribution >= 4 is 10.0 Å². The maximum absolute atomic E-state index is 11.3. The summed E-state index contributed by atoms with van der Waals surface area (Å²) in [6, 6.07) is 0. The van der Waals surface area contributed by atoms with Crippen molar-refractivity contribution in [2.45, 2.75) is 12.2 Å². The first kappa shape index (κ1) is 12.8. The molecular formula is C7H18N2O3S. The quantitative estimate of drug-likeness (QED) is 0.581. The second-order valence-electron chi connectivity index (χ2n) is 3.24. The third-order valence-corrected chi connectivity index (χ3v) is 3.46. The van der Waals surface area contributed by atoms with E-state index in [-0.39, 0.29) is 6.61 Å². The highest BCUT2D eigenvalue weighted by Crippen LogP contribution is 1.95. The monoisotopic (exact) mass is 210 g/mol. The summed E-state index contributed by atoms with van der Waals surface area (Å²) in [5.41, 5.74) is 0. The normalized spacial score (nSPS) is 14.8. The third-order valence-electron chi connectivity index (χ3n) is 1.65. The highest BCUT2D eigenvalue weighted by atomic mass is 32.2. The highest BCUT2D eigenvalue weighted by molar-refractivity contribution is 7.90. The molecular weight excluding hydrogens is 192 g/mol. The SMILES string of the molecule is CC(CO)S(=O)(=O)NCCN(C)C. The molecule has 1 unspecified atom stereocenters. The van der Waals surface area contributed by atoms with Gasteiger partial charge < -0.3 is 10.0 Å². The van der Waals surface area contributed by atoms with Gasteiger partial charge in [0, 0.05) is 13.1 Å². The number of nitrogens with one attached hydrogen (secondary N) is 1. The molecule has 0 spiro atoms. The molecule has 0 amide bonds. The van der Waals surface area contributed by atoms with E-state index in [9.17, 15) is 8.42 Å². The van der Waals surface area contributed by atoms with E-state index >= 15 is 0 Å². The summed E-state index contributed by atoms with van der Waals surface area (Å²) in [7, 11) is 0.397. The Bertz CT molecular complexity index is 226. The first-order valence-electron chi connectivity index (χ1n) is 4.14. The van der Waals surface area contributed by atoms with Crippen LogP contribution >= 0.6 is 0 Å². The van der Waals surface area contributed by atoms with Crippen molar-refractivity contribution in [2.24, 2.45) is 0 Å².